The quantitative estimate of drug-likeness (QED) is 0.00855. The van der Waals surface area contributed by atoms with Gasteiger partial charge in [0.1, 0.15) is 46.0 Å². The number of benzene rings is 9. The second-order valence-electron chi connectivity index (χ2n) is 37.8. The van der Waals surface area contributed by atoms with Gasteiger partial charge in [0.25, 0.3) is 0 Å². The van der Waals surface area contributed by atoms with E-state index in [-0.39, 0.29) is 0 Å². The maximum Gasteiger partial charge on any atom is 0.343 e. The van der Waals surface area contributed by atoms with Crippen molar-refractivity contribution in [1.29, 1.82) is 0 Å². The monoisotopic (exact) mass is 2000 g/mol. The minimum Gasteiger partial charge on any atom is -0.494 e. The normalized spacial score (nSPS) is 11.2. The average Bonchev–Trinajstić information content (AvgIpc) is 0.787. The fourth-order valence-corrected chi connectivity index (χ4v) is 27.1. The van der Waals surface area contributed by atoms with Crippen molar-refractivity contribution in [3.8, 4) is 46.0 Å². The lowest BCUT2D eigenvalue weighted by atomic mass is 10.2. The van der Waals surface area contributed by atoms with E-state index in [2.05, 4.69) is 160 Å². The lowest BCUT2D eigenvalue weighted by Gasteiger charge is -2.29. The Labute approximate surface area is 838 Å². The van der Waals surface area contributed by atoms with Crippen LogP contribution in [-0.4, -0.2) is 154 Å². The van der Waals surface area contributed by atoms with Crippen LogP contribution in [0.15, 0.2) is 276 Å². The Morgan fingerprint density at radius 3 is 0.872 bits per heavy atom. The second kappa shape index (κ2) is 58.9. The summed E-state index contributed by atoms with van der Waals surface area (Å²) in [6.45, 7) is 54.1. The smallest absolute Gasteiger partial charge is 0.343 e. The van der Waals surface area contributed by atoms with Crippen LogP contribution < -0.4 is 58.6 Å². The molecule has 0 aliphatic rings. The Kier molecular flexibility index (Phi) is 48.0. The molecule has 0 atom stereocenters. The first-order valence-corrected chi connectivity index (χ1v) is 64.3. The summed E-state index contributed by atoms with van der Waals surface area (Å²) in [6, 6.07) is 67.6. The Balaban J connectivity index is 0.000000288. The van der Waals surface area contributed by atoms with Crippen molar-refractivity contribution < 1.29 is 105 Å². The number of hydrogen-bond donors (Lipinski definition) is 0. The molecule has 9 rings (SSSR count). The van der Waals surface area contributed by atoms with E-state index in [0.717, 1.165) is 111 Å². The van der Waals surface area contributed by atoms with Gasteiger partial charge in [-0.3, -0.25) is 0 Å². The van der Waals surface area contributed by atoms with Gasteiger partial charge in [0.15, 0.2) is 0 Å². The zero-order valence-corrected chi connectivity index (χ0v) is 89.6. The Morgan fingerprint density at radius 1 is 0.255 bits per heavy atom. The Hall–Kier alpha value is -13.1. The van der Waals surface area contributed by atoms with E-state index in [1.165, 1.54) is 68.5 Å². The Morgan fingerprint density at radius 2 is 0.539 bits per heavy atom. The highest BCUT2D eigenvalue weighted by atomic mass is 28.3. The number of rotatable bonds is 56. The Bertz CT molecular complexity index is 5630. The molecule has 0 aliphatic carbocycles. The fraction of sp³-hybridized carbons (Fsp3) is 0.342. The van der Waals surface area contributed by atoms with Crippen molar-refractivity contribution in [3.63, 3.8) is 0 Å². The summed E-state index contributed by atoms with van der Waals surface area (Å²) in [7, 11) is -8.27. The number of carbonyl (C=O) groups is 9. The SMILES string of the molecule is C=CC(=O)OCCCCCCOc1ccc(C(=O)Oc2ccc(OC(=O)c3ccc(OCCCCCC[Si](C)(C)C=C)cc3)c(C)c2)cc1.C=CC(=O)OCCCOc1ccc(C[Si](C)(C)c2ccc([Si](C)(C)Cc3ccc(OCCCOC(=O)C=C)cc3)c(C)c2)cc1.C=CC(=O)OCCC[Si](C)(C)c1ccc(C(=O)Oc2ccc(OC(=O)c3ccc([Si](C)(C)CCCOC(=O)C=C)cc3)c(C)c2)cc1. The predicted molar refractivity (Wildman–Crippen MR) is 573 cm³/mol. The number of unbranched alkanes of at least 4 members (excludes halogenated alkanes) is 6. The van der Waals surface area contributed by atoms with Crippen LogP contribution in [0, 0.1) is 20.8 Å². The molecule has 27 heteroatoms. The fourth-order valence-electron chi connectivity index (χ4n) is 15.3. The molecule has 0 fully saturated rings. The highest BCUT2D eigenvalue weighted by Crippen LogP contribution is 2.30. The van der Waals surface area contributed by atoms with Crippen molar-refractivity contribution in [2.75, 3.05) is 59.5 Å². The van der Waals surface area contributed by atoms with Crippen LogP contribution in [0.5, 0.6) is 46.0 Å². The molecule has 0 radical (unpaired) electrons. The number of ether oxygens (including phenoxy) is 13. The average molecular weight is 2000 g/mol. The van der Waals surface area contributed by atoms with Gasteiger partial charge >= 0.3 is 53.7 Å². The van der Waals surface area contributed by atoms with Gasteiger partial charge in [-0.1, -0.05) is 240 Å². The molecule has 750 valence electrons. The number of hydrogen-bond acceptors (Lipinski definition) is 22. The van der Waals surface area contributed by atoms with Crippen LogP contribution in [-0.2, 0) is 59.7 Å². The lowest BCUT2D eigenvalue weighted by Crippen LogP contribution is -2.49. The van der Waals surface area contributed by atoms with E-state index in [9.17, 15) is 43.2 Å². The van der Waals surface area contributed by atoms with E-state index in [1.54, 1.807) is 123 Å². The van der Waals surface area contributed by atoms with Crippen LogP contribution in [0.25, 0.3) is 0 Å². The first kappa shape index (κ1) is 115. The van der Waals surface area contributed by atoms with Crippen molar-refractivity contribution in [2.45, 2.75) is 194 Å². The molecule has 0 saturated heterocycles. The molecule has 0 aromatic heterocycles. The zero-order chi connectivity index (χ0) is 103. The topological polar surface area (TPSA) is 274 Å². The summed E-state index contributed by atoms with van der Waals surface area (Å²) in [5, 5.41) is 5.36. The van der Waals surface area contributed by atoms with Gasteiger partial charge in [0, 0.05) is 43.2 Å². The molecule has 0 N–H and O–H groups in total. The minimum absolute atomic E-state index is 0.323. The lowest BCUT2D eigenvalue weighted by molar-refractivity contribution is -0.138. The molecule has 0 aliphatic heterocycles. The third-order valence-corrected chi connectivity index (χ3v) is 40.1. The summed E-state index contributed by atoms with van der Waals surface area (Å²) in [5.41, 5.74) is 9.14. The molecule has 22 nitrogen and oxygen atoms in total. The summed E-state index contributed by atoms with van der Waals surface area (Å²) in [4.78, 5) is 107. The van der Waals surface area contributed by atoms with Crippen molar-refractivity contribution in [1.82, 2.24) is 0 Å². The standard InChI is InChI=1S/C40H50O8Si.C37H44O8Si2.C37H48O6Si2/c1-6-38(41)46-28-14-9-8-12-26-44-34-20-16-32(17-21-34)39(42)47-36-24-25-37(31(3)30-36)48-40(43)33-18-22-35(23-19-33)45-27-13-10-11-15-29-49(4,5)7-2;1-8-34(38)42-22-10-24-46(4,5)31-17-12-28(13-18-31)36(40)44-30-16-21-33(27(3)26-30)45-37(41)29-14-19-32(20-15-29)47(6,7)25-11-23-43-35(39)9-2;1-8-36(38)42-24-10-22-40-32-16-12-30(13-17-32)27-44(4,5)34-20-21-35(29(3)26-34)45(6,7)28-31-14-18-33(19-15-31)41-23-11-25-43-37(39)9-2/h6-7,16-25,30H,1-2,8-15,26-29H2,3-5H3;8-9,12-21,26H,1-2,10-11,22-25H2,3-7H3;8-9,12-21,26H,1-2,10-11,22-25,27-28H2,3-7H3. The molecule has 9 aromatic carbocycles. The first-order chi connectivity index (χ1) is 67.3. The van der Waals surface area contributed by atoms with Crippen molar-refractivity contribution >= 4 is 115 Å². The molecular weight excluding hydrogens is 1860 g/mol. The predicted octanol–water partition coefficient (Wildman–Crippen LogP) is 22.4. The highest BCUT2D eigenvalue weighted by molar-refractivity contribution is 6.91. The summed E-state index contributed by atoms with van der Waals surface area (Å²) in [5.74, 6) is 0.452. The van der Waals surface area contributed by atoms with Crippen molar-refractivity contribution in [2.24, 2.45) is 0 Å². The van der Waals surface area contributed by atoms with E-state index in [0.29, 0.717) is 134 Å². The largest absolute Gasteiger partial charge is 0.494 e. The van der Waals surface area contributed by atoms with Gasteiger partial charge in [-0.15, -0.1) is 12.3 Å². The molecule has 0 saturated carbocycles. The van der Waals surface area contributed by atoms with E-state index >= 15 is 0 Å². The van der Waals surface area contributed by atoms with Gasteiger partial charge < -0.3 is 61.6 Å². The van der Waals surface area contributed by atoms with Crippen LogP contribution in [0.2, 0.25) is 83.6 Å². The van der Waals surface area contributed by atoms with Crippen LogP contribution in [0.1, 0.15) is 146 Å². The molecule has 0 spiro atoms. The van der Waals surface area contributed by atoms with Gasteiger partial charge in [0.2, 0.25) is 0 Å². The van der Waals surface area contributed by atoms with Gasteiger partial charge in [0.05, 0.1) is 122 Å². The number of esters is 9. The molecule has 0 bridgehead atoms. The number of aryl methyl sites for hydroxylation is 3. The van der Waals surface area contributed by atoms with Crippen LogP contribution in [0.4, 0.5) is 0 Å². The molecule has 0 heterocycles. The van der Waals surface area contributed by atoms with Crippen LogP contribution >= 0.6 is 0 Å². The van der Waals surface area contributed by atoms with Crippen molar-refractivity contribution in [3.05, 3.63) is 326 Å². The molecule has 0 unspecified atom stereocenters. The minimum atomic E-state index is -1.79. The third-order valence-electron chi connectivity index (χ3n) is 23.9. The first-order valence-electron chi connectivity index (χ1n) is 48.2. The summed E-state index contributed by atoms with van der Waals surface area (Å²) in [6.07, 6.45) is 16.7. The van der Waals surface area contributed by atoms with Gasteiger partial charge in [-0.2, -0.15) is 0 Å². The molecule has 9 aromatic rings. The second-order valence-corrected chi connectivity index (χ2v) is 61.7. The van der Waals surface area contributed by atoms with Crippen LogP contribution in [0.3, 0.4) is 0 Å². The molecule has 0 amide bonds. The van der Waals surface area contributed by atoms with Gasteiger partial charge in [-0.25, -0.2) is 43.2 Å². The maximum atomic E-state index is 12.9. The van der Waals surface area contributed by atoms with E-state index < -0.39 is 94.1 Å². The molecular formula is C114H142O22Si5. The zero-order valence-electron chi connectivity index (χ0n) is 84.6. The number of carbonyl (C=O) groups excluding carboxylic acids is 9. The molecule has 141 heavy (non-hydrogen) atoms. The van der Waals surface area contributed by atoms with E-state index in [1.807, 2.05) is 48.5 Å². The maximum absolute atomic E-state index is 12.9. The summed E-state index contributed by atoms with van der Waals surface area (Å²) < 4.78 is 70.8. The summed E-state index contributed by atoms with van der Waals surface area (Å²) >= 11 is 0. The van der Waals surface area contributed by atoms with Gasteiger partial charge in [-0.05, 0) is 222 Å². The van der Waals surface area contributed by atoms with E-state index in [4.69, 9.17) is 61.6 Å². The third kappa shape index (κ3) is 41.3. The highest BCUT2D eigenvalue weighted by Gasteiger charge is 2.31.